The van der Waals surface area contributed by atoms with E-state index in [2.05, 4.69) is 21.7 Å². The zero-order valence-corrected chi connectivity index (χ0v) is 29.7. The van der Waals surface area contributed by atoms with Gasteiger partial charge in [0.15, 0.2) is 12.4 Å². The number of aryl methyl sites for hydroxylation is 1. The summed E-state index contributed by atoms with van der Waals surface area (Å²) in [6.07, 6.45) is 1.47. The molecule has 0 unspecified atom stereocenters. The number of aromatic nitrogens is 4. The molecule has 6 heterocycles. The number of rotatable bonds is 7. The number of nitrogens with zero attached hydrogens (tertiary/aromatic N) is 7. The number of nitrogens with one attached hydrogen (secondary N) is 1. The highest BCUT2D eigenvalue weighted by molar-refractivity contribution is 6.06. The van der Waals surface area contributed by atoms with Gasteiger partial charge in [0.1, 0.15) is 11.3 Å². The number of piperidine rings is 1. The number of alkyl halides is 5. The first-order valence-corrected chi connectivity index (χ1v) is 18.2. The summed E-state index contributed by atoms with van der Waals surface area (Å²) in [5.41, 5.74) is 3.28. The third kappa shape index (κ3) is 5.77. The first-order valence-electron chi connectivity index (χ1n) is 18.2. The molecule has 15 heteroatoms. The molecular weight excluding hydrogens is 695 g/mol. The number of likely N-dealkylation sites (tertiary alicyclic amines) is 2. The van der Waals surface area contributed by atoms with Gasteiger partial charge in [-0.2, -0.15) is 23.3 Å². The van der Waals surface area contributed by atoms with Crippen LogP contribution in [-0.2, 0) is 4.79 Å². The number of anilines is 2. The van der Waals surface area contributed by atoms with Gasteiger partial charge in [0.25, 0.3) is 5.92 Å². The first-order chi connectivity index (χ1) is 25.2. The van der Waals surface area contributed by atoms with E-state index in [1.165, 1.54) is 6.08 Å². The van der Waals surface area contributed by atoms with Crippen molar-refractivity contribution in [1.82, 2.24) is 30.0 Å². The molecule has 1 aliphatic carbocycles. The second-order valence-electron chi connectivity index (χ2n) is 16.0. The lowest BCUT2D eigenvalue weighted by Crippen LogP contribution is -2.67. The average molecular weight is 737 g/mol. The van der Waals surface area contributed by atoms with Crippen LogP contribution in [0.3, 0.4) is 0 Å². The van der Waals surface area contributed by atoms with E-state index in [-0.39, 0.29) is 60.5 Å². The molecule has 2 spiro atoms. The Morgan fingerprint density at radius 2 is 1.77 bits per heavy atom. The van der Waals surface area contributed by atoms with E-state index in [0.717, 1.165) is 53.3 Å². The molecule has 0 atom stereocenters. The van der Waals surface area contributed by atoms with Gasteiger partial charge >= 0.3 is 6.18 Å². The summed E-state index contributed by atoms with van der Waals surface area (Å²) < 4.78 is 77.2. The SMILES string of the molecule is C=CC(=O)N1CC2(CCN(c3nc(N4CC5(C4)CC(F)(F)CN5C)nc4c(OCC(F)(F)F)c(-c5c(C)ccc6[nH]ncc56)c(C5CC5)cc34)CC2)C1. The number of carbonyl (C=O) groups is 1. The lowest BCUT2D eigenvalue weighted by molar-refractivity contribution is -0.153. The predicted molar refractivity (Wildman–Crippen MR) is 191 cm³/mol. The fourth-order valence-corrected chi connectivity index (χ4v) is 9.24. The van der Waals surface area contributed by atoms with E-state index < -0.39 is 24.2 Å². The maximum absolute atomic E-state index is 14.6. The maximum Gasteiger partial charge on any atom is 0.422 e. The van der Waals surface area contributed by atoms with Crippen molar-refractivity contribution in [3.8, 4) is 16.9 Å². The number of hydrogen-bond acceptors (Lipinski definition) is 8. The molecule has 5 aliphatic rings. The third-order valence-corrected chi connectivity index (χ3v) is 12.2. The lowest BCUT2D eigenvalue weighted by Gasteiger charge is -2.54. The quantitative estimate of drug-likeness (QED) is 0.171. The number of carbonyl (C=O) groups excluding carboxylic acids is 1. The smallest absolute Gasteiger partial charge is 0.422 e. The van der Waals surface area contributed by atoms with Crippen LogP contribution in [0.15, 0.2) is 37.1 Å². The molecule has 53 heavy (non-hydrogen) atoms. The van der Waals surface area contributed by atoms with Gasteiger partial charge in [-0.05, 0) is 80.5 Å². The number of amides is 1. The van der Waals surface area contributed by atoms with Crippen molar-refractivity contribution in [3.05, 3.63) is 48.2 Å². The second-order valence-corrected chi connectivity index (χ2v) is 16.0. The van der Waals surface area contributed by atoms with E-state index in [1.807, 2.05) is 30.0 Å². The van der Waals surface area contributed by atoms with Crippen LogP contribution in [-0.4, -0.2) is 113 Å². The van der Waals surface area contributed by atoms with Crippen molar-refractivity contribution in [2.45, 2.75) is 62.6 Å². The zero-order valence-electron chi connectivity index (χ0n) is 29.7. The molecule has 4 aromatic rings. The van der Waals surface area contributed by atoms with Gasteiger partial charge in [-0.25, -0.2) is 13.8 Å². The topological polar surface area (TPSA) is 93.7 Å². The first kappa shape index (κ1) is 34.3. The molecule has 5 fully saturated rings. The van der Waals surface area contributed by atoms with Crippen LogP contribution in [0.2, 0.25) is 0 Å². The molecular formula is C38H41F5N8O2. The summed E-state index contributed by atoms with van der Waals surface area (Å²) in [5.74, 6) is -1.89. The second kappa shape index (κ2) is 11.7. The largest absolute Gasteiger partial charge is 0.481 e. The van der Waals surface area contributed by atoms with E-state index in [9.17, 15) is 26.7 Å². The summed E-state index contributed by atoms with van der Waals surface area (Å²) in [4.78, 5) is 29.8. The Bertz CT molecular complexity index is 2140. The summed E-state index contributed by atoms with van der Waals surface area (Å²) in [7, 11) is 1.70. The van der Waals surface area contributed by atoms with Crippen LogP contribution >= 0.6 is 0 Å². The van der Waals surface area contributed by atoms with Gasteiger partial charge in [0, 0.05) is 67.4 Å². The molecule has 2 aromatic carbocycles. The number of ether oxygens (including phenoxy) is 1. The molecule has 10 nitrogen and oxygen atoms in total. The van der Waals surface area contributed by atoms with E-state index in [4.69, 9.17) is 14.7 Å². The Morgan fingerprint density at radius 1 is 1.04 bits per heavy atom. The Morgan fingerprint density at radius 3 is 2.42 bits per heavy atom. The lowest BCUT2D eigenvalue weighted by atomic mass is 9.72. The fraction of sp³-hybridized carbons (Fsp3) is 0.526. The number of benzene rings is 2. The molecule has 1 amide bonds. The number of hydrogen-bond donors (Lipinski definition) is 1. The third-order valence-electron chi connectivity index (χ3n) is 12.2. The maximum atomic E-state index is 14.6. The summed E-state index contributed by atoms with van der Waals surface area (Å²) in [5, 5.41) is 8.61. The molecule has 1 saturated carbocycles. The van der Waals surface area contributed by atoms with Crippen molar-refractivity contribution in [1.29, 1.82) is 0 Å². The highest BCUT2D eigenvalue weighted by Crippen LogP contribution is 2.54. The monoisotopic (exact) mass is 736 g/mol. The molecule has 9 rings (SSSR count). The van der Waals surface area contributed by atoms with Crippen molar-refractivity contribution >= 4 is 39.5 Å². The van der Waals surface area contributed by atoms with Gasteiger partial charge in [-0.3, -0.25) is 14.8 Å². The van der Waals surface area contributed by atoms with Crippen LogP contribution < -0.4 is 14.5 Å². The molecule has 280 valence electrons. The van der Waals surface area contributed by atoms with Crippen molar-refractivity contribution in [3.63, 3.8) is 0 Å². The number of aromatic amines is 1. The standard InChI is InChI=1S/C38H41F5N8O2/c1-4-28(52)50-16-35(17-50)9-11-49(12-10-35)33-25-13-24(23-6-7-23)30(29-22(2)5-8-27-26(29)14-44-47-27)32(53-21-38(41,42)43)31(25)45-34(46-33)51-18-36(19-51)15-37(39,40)20-48(36)3/h4-5,8,13-14,23H,1,6-7,9-12,15-21H2,2-3H3,(H,44,47). The normalized spacial score (nSPS) is 22.1. The Labute approximate surface area is 303 Å². The van der Waals surface area contributed by atoms with E-state index in [0.29, 0.717) is 42.9 Å². The summed E-state index contributed by atoms with van der Waals surface area (Å²) in [6.45, 7) is 6.75. The molecule has 0 radical (unpaired) electrons. The predicted octanol–water partition coefficient (Wildman–Crippen LogP) is 6.44. The highest BCUT2D eigenvalue weighted by Gasteiger charge is 2.59. The van der Waals surface area contributed by atoms with Gasteiger partial charge < -0.3 is 19.4 Å². The minimum absolute atomic E-state index is 0.0168. The van der Waals surface area contributed by atoms with Crippen LogP contribution in [0.5, 0.6) is 5.75 Å². The van der Waals surface area contributed by atoms with Crippen LogP contribution in [0, 0.1) is 12.3 Å². The Hall–Kier alpha value is -4.53. The number of H-pyrrole nitrogens is 1. The molecule has 4 saturated heterocycles. The van der Waals surface area contributed by atoms with Crippen LogP contribution in [0.1, 0.15) is 49.1 Å². The van der Waals surface area contributed by atoms with Crippen LogP contribution in [0.25, 0.3) is 32.9 Å². The summed E-state index contributed by atoms with van der Waals surface area (Å²) >= 11 is 0. The average Bonchev–Trinajstić information content (AvgIpc) is 3.75. The molecule has 2 aromatic heterocycles. The van der Waals surface area contributed by atoms with Gasteiger partial charge in [-0.1, -0.05) is 12.6 Å². The summed E-state index contributed by atoms with van der Waals surface area (Å²) in [6, 6.07) is 5.86. The molecule has 0 bridgehead atoms. The fourth-order valence-electron chi connectivity index (χ4n) is 9.24. The van der Waals surface area contributed by atoms with E-state index >= 15 is 0 Å². The highest BCUT2D eigenvalue weighted by atomic mass is 19.4. The van der Waals surface area contributed by atoms with Crippen molar-refractivity contribution < 1.29 is 31.5 Å². The number of fused-ring (bicyclic) bond motifs is 2. The van der Waals surface area contributed by atoms with E-state index in [1.54, 1.807) is 23.0 Å². The minimum atomic E-state index is -4.62. The Balaban J connectivity index is 1.20. The van der Waals surface area contributed by atoms with Crippen molar-refractivity contribution in [2.75, 3.05) is 69.3 Å². The molecule has 1 N–H and O–H groups in total. The minimum Gasteiger partial charge on any atom is -0.481 e. The van der Waals surface area contributed by atoms with Crippen LogP contribution in [0.4, 0.5) is 33.7 Å². The Kier molecular flexibility index (Phi) is 7.58. The van der Waals surface area contributed by atoms with Gasteiger partial charge in [0.2, 0.25) is 11.9 Å². The van der Waals surface area contributed by atoms with Gasteiger partial charge in [-0.15, -0.1) is 0 Å². The number of likely N-dealkylation sites (N-methyl/N-ethyl adjacent to an activating group) is 1. The zero-order chi connectivity index (χ0) is 37.1. The van der Waals surface area contributed by atoms with Crippen molar-refractivity contribution in [2.24, 2.45) is 5.41 Å². The van der Waals surface area contributed by atoms with Gasteiger partial charge in [0.05, 0.1) is 23.8 Å². The molecule has 4 aliphatic heterocycles. The number of halogens is 5.